The lowest BCUT2D eigenvalue weighted by atomic mass is 10.4. The van der Waals surface area contributed by atoms with Gasteiger partial charge in [-0.05, 0) is 26.0 Å². The number of rotatable bonds is 4. The summed E-state index contributed by atoms with van der Waals surface area (Å²) in [7, 11) is -3.53. The van der Waals surface area contributed by atoms with Crippen LogP contribution in [0.5, 0.6) is 0 Å². The molecule has 0 amide bonds. The third-order valence-electron chi connectivity index (χ3n) is 2.20. The number of thiophene rings is 1. The molecule has 2 aromatic heterocycles. The van der Waals surface area contributed by atoms with E-state index < -0.39 is 10.0 Å². The third kappa shape index (κ3) is 3.10. The van der Waals surface area contributed by atoms with Crippen molar-refractivity contribution in [1.29, 1.82) is 0 Å². The van der Waals surface area contributed by atoms with Crippen LogP contribution < -0.4 is 4.72 Å². The molecule has 1 N–H and O–H groups in total. The number of aryl methyl sites for hydroxylation is 2. The van der Waals surface area contributed by atoms with E-state index in [1.54, 1.807) is 18.3 Å². The molecule has 0 aliphatic carbocycles. The molecule has 8 heteroatoms. The first-order chi connectivity index (χ1) is 8.38. The maximum atomic E-state index is 12.1. The van der Waals surface area contributed by atoms with E-state index in [1.165, 1.54) is 0 Å². The zero-order valence-electron chi connectivity index (χ0n) is 9.73. The summed E-state index contributed by atoms with van der Waals surface area (Å²) in [5.41, 5.74) is 0.430. The van der Waals surface area contributed by atoms with Crippen LogP contribution in [-0.2, 0) is 16.6 Å². The topological polar surface area (TPSA) is 59.1 Å². The maximum absolute atomic E-state index is 12.1. The van der Waals surface area contributed by atoms with Gasteiger partial charge >= 0.3 is 0 Å². The molecule has 0 aliphatic heterocycles. The number of halogens is 1. The van der Waals surface area contributed by atoms with Crippen molar-refractivity contribution < 1.29 is 8.42 Å². The normalized spacial score (nSPS) is 11.9. The number of nitrogens with one attached hydrogen (secondary N) is 1. The first-order valence-corrected chi connectivity index (χ1v) is 8.56. The van der Waals surface area contributed by atoms with Gasteiger partial charge < -0.3 is 0 Å². The van der Waals surface area contributed by atoms with Crippen LogP contribution in [0.1, 0.15) is 15.4 Å². The van der Waals surface area contributed by atoms with Gasteiger partial charge in [0, 0.05) is 16.3 Å². The highest BCUT2D eigenvalue weighted by atomic mass is 35.5. The Morgan fingerprint density at radius 3 is 2.56 bits per heavy atom. The maximum Gasteiger partial charge on any atom is 0.252 e. The summed E-state index contributed by atoms with van der Waals surface area (Å²) >= 11 is 8.25. The molecule has 0 radical (unpaired) electrons. The highest BCUT2D eigenvalue weighted by molar-refractivity contribution is 7.91. The van der Waals surface area contributed by atoms with E-state index in [2.05, 4.69) is 9.71 Å². The summed E-state index contributed by atoms with van der Waals surface area (Å²) in [4.78, 5) is 6.03. The van der Waals surface area contributed by atoms with Crippen LogP contribution in [0.2, 0.25) is 4.47 Å². The molecule has 0 saturated heterocycles. The predicted molar refractivity (Wildman–Crippen MR) is 74.9 cm³/mol. The molecule has 0 aliphatic rings. The molecule has 4 nitrogen and oxygen atoms in total. The zero-order chi connectivity index (χ0) is 13.3. The lowest BCUT2D eigenvalue weighted by Crippen LogP contribution is -2.22. The highest BCUT2D eigenvalue weighted by Gasteiger charge is 2.21. The van der Waals surface area contributed by atoms with Crippen LogP contribution in [-0.4, -0.2) is 13.4 Å². The average molecular weight is 323 g/mol. The van der Waals surface area contributed by atoms with Crippen LogP contribution in [0.3, 0.4) is 0 Å². The minimum Gasteiger partial charge on any atom is -0.229 e. The van der Waals surface area contributed by atoms with E-state index in [0.717, 1.165) is 21.1 Å². The summed E-state index contributed by atoms with van der Waals surface area (Å²) in [6, 6.07) is 3.87. The van der Waals surface area contributed by atoms with Gasteiger partial charge in [0.05, 0.1) is 5.69 Å². The molecule has 0 aromatic carbocycles. The van der Waals surface area contributed by atoms with Gasteiger partial charge in [-0.25, -0.2) is 18.1 Å². The van der Waals surface area contributed by atoms with Crippen molar-refractivity contribution in [3.05, 3.63) is 32.0 Å². The van der Waals surface area contributed by atoms with Gasteiger partial charge in [-0.3, -0.25) is 0 Å². The molecule has 2 aromatic rings. The van der Waals surface area contributed by atoms with Crippen molar-refractivity contribution in [2.24, 2.45) is 0 Å². The average Bonchev–Trinajstić information content (AvgIpc) is 2.82. The fraction of sp³-hybridized carbons (Fsp3) is 0.300. The van der Waals surface area contributed by atoms with Gasteiger partial charge in [-0.15, -0.1) is 11.3 Å². The first kappa shape index (κ1) is 14.0. The standard InChI is InChI=1S/C10H11ClN2O2S3/c1-6-3-4-8(16-6)5-12-18(14,15)9-7(2)13-10(11)17-9/h3-4,12H,5H2,1-2H3. The second-order valence-corrected chi connectivity index (χ2v) is 8.59. The Kier molecular flexibility index (Phi) is 4.08. The van der Waals surface area contributed by atoms with Crippen molar-refractivity contribution in [1.82, 2.24) is 9.71 Å². The third-order valence-corrected chi connectivity index (χ3v) is 6.48. The summed E-state index contributed by atoms with van der Waals surface area (Å²) in [5.74, 6) is 0. The van der Waals surface area contributed by atoms with Crippen LogP contribution >= 0.6 is 34.3 Å². The lowest BCUT2D eigenvalue weighted by Gasteiger charge is -2.03. The Bertz CT molecular complexity index is 660. The van der Waals surface area contributed by atoms with E-state index in [4.69, 9.17) is 11.6 Å². The number of hydrogen-bond donors (Lipinski definition) is 1. The number of nitrogens with zero attached hydrogens (tertiary/aromatic N) is 1. The van der Waals surface area contributed by atoms with E-state index in [-0.39, 0.29) is 15.2 Å². The lowest BCUT2D eigenvalue weighted by molar-refractivity contribution is 0.583. The van der Waals surface area contributed by atoms with Crippen LogP contribution in [0.4, 0.5) is 0 Å². The molecule has 0 atom stereocenters. The molecular weight excluding hydrogens is 312 g/mol. The number of thiazole rings is 1. The largest absolute Gasteiger partial charge is 0.252 e. The second-order valence-electron chi connectivity index (χ2n) is 3.68. The summed E-state index contributed by atoms with van der Waals surface area (Å²) < 4.78 is 27.1. The van der Waals surface area contributed by atoms with Crippen molar-refractivity contribution in [2.75, 3.05) is 0 Å². The van der Waals surface area contributed by atoms with Crippen molar-refractivity contribution in [2.45, 2.75) is 24.6 Å². The van der Waals surface area contributed by atoms with Gasteiger partial charge in [0.25, 0.3) is 10.0 Å². The quantitative estimate of drug-likeness (QED) is 0.941. The van der Waals surface area contributed by atoms with Crippen LogP contribution in [0.15, 0.2) is 16.3 Å². The molecule has 2 heterocycles. The van der Waals surface area contributed by atoms with Crippen molar-refractivity contribution in [3.8, 4) is 0 Å². The van der Waals surface area contributed by atoms with Gasteiger partial charge in [-0.2, -0.15) is 0 Å². The fourth-order valence-electron chi connectivity index (χ4n) is 1.41. The van der Waals surface area contributed by atoms with Crippen LogP contribution in [0, 0.1) is 13.8 Å². The molecule has 0 spiro atoms. The molecule has 2 rings (SSSR count). The molecule has 0 saturated carbocycles. The molecular formula is C10H11ClN2O2S3. The molecule has 0 fully saturated rings. The smallest absolute Gasteiger partial charge is 0.229 e. The molecule has 0 unspecified atom stereocenters. The molecule has 98 valence electrons. The second kappa shape index (κ2) is 5.26. The summed E-state index contributed by atoms with van der Waals surface area (Å²) in [6.07, 6.45) is 0. The molecule has 18 heavy (non-hydrogen) atoms. The minimum absolute atomic E-state index is 0.181. The van der Waals surface area contributed by atoms with E-state index in [9.17, 15) is 8.42 Å². The van der Waals surface area contributed by atoms with Gasteiger partial charge in [0.2, 0.25) is 0 Å². The Balaban J connectivity index is 2.15. The fourth-order valence-corrected chi connectivity index (χ4v) is 5.12. The van der Waals surface area contributed by atoms with E-state index in [1.807, 2.05) is 19.1 Å². The van der Waals surface area contributed by atoms with Crippen LogP contribution in [0.25, 0.3) is 0 Å². The van der Waals surface area contributed by atoms with Gasteiger partial charge in [-0.1, -0.05) is 22.9 Å². The Morgan fingerprint density at radius 2 is 2.06 bits per heavy atom. The van der Waals surface area contributed by atoms with Crippen molar-refractivity contribution >= 4 is 44.3 Å². The first-order valence-electron chi connectivity index (χ1n) is 5.06. The van der Waals surface area contributed by atoms with Gasteiger partial charge in [0.1, 0.15) is 0 Å². The Hall–Kier alpha value is -0.470. The molecule has 0 bridgehead atoms. The number of hydrogen-bond acceptors (Lipinski definition) is 5. The van der Waals surface area contributed by atoms with Gasteiger partial charge in [0.15, 0.2) is 8.68 Å². The van der Waals surface area contributed by atoms with E-state index >= 15 is 0 Å². The summed E-state index contributed by atoms with van der Waals surface area (Å²) in [5, 5.41) is 0. The SMILES string of the molecule is Cc1ccc(CNS(=O)(=O)c2sc(Cl)nc2C)s1. The predicted octanol–water partition coefficient (Wildman–Crippen LogP) is 2.95. The zero-order valence-corrected chi connectivity index (χ0v) is 12.9. The number of aromatic nitrogens is 1. The Labute approximate surface area is 119 Å². The Morgan fingerprint density at radius 1 is 1.33 bits per heavy atom. The monoisotopic (exact) mass is 322 g/mol. The highest BCUT2D eigenvalue weighted by Crippen LogP contribution is 2.26. The number of sulfonamides is 1. The van der Waals surface area contributed by atoms with E-state index in [0.29, 0.717) is 5.69 Å². The van der Waals surface area contributed by atoms with Crippen molar-refractivity contribution in [3.63, 3.8) is 0 Å². The summed E-state index contributed by atoms with van der Waals surface area (Å²) in [6.45, 7) is 3.90. The minimum atomic E-state index is -3.53.